The summed E-state index contributed by atoms with van der Waals surface area (Å²) in [7, 11) is 0. The predicted molar refractivity (Wildman–Crippen MR) is 44.9 cm³/mol. The van der Waals surface area contributed by atoms with Crippen LogP contribution in [-0.2, 0) is 0 Å². The number of rotatable bonds is 2. The quantitative estimate of drug-likeness (QED) is 0.607. The van der Waals surface area contributed by atoms with E-state index in [4.69, 9.17) is 0 Å². The van der Waals surface area contributed by atoms with Crippen LogP contribution in [0.5, 0.6) is 0 Å². The zero-order valence-electron chi connectivity index (χ0n) is 6.41. The van der Waals surface area contributed by atoms with Crippen LogP contribution in [0.25, 0.3) is 0 Å². The summed E-state index contributed by atoms with van der Waals surface area (Å²) in [6.45, 7) is 11.6. The Labute approximate surface area is 62.1 Å². The fourth-order valence-electron chi connectivity index (χ4n) is 1.16. The lowest BCUT2D eigenvalue weighted by Gasteiger charge is -1.99. The molecule has 1 aliphatic rings. The third-order valence-corrected chi connectivity index (χ3v) is 1.77. The Kier molecular flexibility index (Phi) is 2.07. The van der Waals surface area contributed by atoms with Gasteiger partial charge in [-0.25, -0.2) is 0 Å². The molecule has 0 saturated carbocycles. The molecule has 1 aliphatic heterocycles. The van der Waals surface area contributed by atoms with Crippen LogP contribution < -0.4 is 5.32 Å². The van der Waals surface area contributed by atoms with E-state index >= 15 is 0 Å². The lowest BCUT2D eigenvalue weighted by molar-refractivity contribution is 0.870. The molecule has 0 atom stereocenters. The topological polar surface area (TPSA) is 12.0 Å². The van der Waals surface area contributed by atoms with Gasteiger partial charge in [-0.05, 0) is 18.1 Å². The highest BCUT2D eigenvalue weighted by atomic mass is 14.9. The molecule has 0 radical (unpaired) electrons. The minimum Gasteiger partial charge on any atom is -0.309 e. The van der Waals surface area contributed by atoms with Crippen LogP contribution in [0, 0.1) is 0 Å². The fourth-order valence-corrected chi connectivity index (χ4v) is 1.16. The first-order valence-corrected chi connectivity index (χ1v) is 3.46. The van der Waals surface area contributed by atoms with Crippen LogP contribution in [0.1, 0.15) is 6.92 Å². The average molecular weight is 135 g/mol. The summed E-state index contributed by atoms with van der Waals surface area (Å²) >= 11 is 0. The molecule has 0 aromatic carbocycles. The van der Waals surface area contributed by atoms with E-state index in [2.05, 4.69) is 18.5 Å². The van der Waals surface area contributed by atoms with Crippen LogP contribution in [-0.4, -0.2) is 13.1 Å². The van der Waals surface area contributed by atoms with Gasteiger partial charge in [-0.15, -0.1) is 0 Å². The maximum absolute atomic E-state index is 3.89. The van der Waals surface area contributed by atoms with Gasteiger partial charge in [0.2, 0.25) is 0 Å². The van der Waals surface area contributed by atoms with Crippen LogP contribution >= 0.6 is 0 Å². The van der Waals surface area contributed by atoms with Crippen LogP contribution in [0.4, 0.5) is 0 Å². The summed E-state index contributed by atoms with van der Waals surface area (Å²) in [6, 6.07) is 0. The van der Waals surface area contributed by atoms with Gasteiger partial charge in [0.1, 0.15) is 0 Å². The second-order valence-corrected chi connectivity index (χ2v) is 2.59. The van der Waals surface area contributed by atoms with Crippen LogP contribution in [0.3, 0.4) is 0 Å². The highest BCUT2D eigenvalue weighted by Crippen LogP contribution is 2.16. The lowest BCUT2D eigenvalue weighted by atomic mass is 10.1. The third-order valence-electron chi connectivity index (χ3n) is 1.77. The van der Waals surface area contributed by atoms with Crippen molar-refractivity contribution in [3.05, 3.63) is 36.0 Å². The number of hydrogen-bond acceptors (Lipinski definition) is 1. The zero-order chi connectivity index (χ0) is 7.56. The largest absolute Gasteiger partial charge is 0.309 e. The van der Waals surface area contributed by atoms with E-state index < -0.39 is 0 Å². The minimum absolute atomic E-state index is 0.950. The van der Waals surface area contributed by atoms with Crippen molar-refractivity contribution >= 4 is 0 Å². The van der Waals surface area contributed by atoms with Crippen molar-refractivity contribution in [1.82, 2.24) is 5.32 Å². The second kappa shape index (κ2) is 2.84. The van der Waals surface area contributed by atoms with Crippen LogP contribution in [0.15, 0.2) is 36.0 Å². The minimum atomic E-state index is 0.950. The summed E-state index contributed by atoms with van der Waals surface area (Å²) < 4.78 is 0. The molecule has 1 heteroatoms. The normalized spacial score (nSPS) is 17.7. The molecular formula is C9H13N. The summed E-state index contributed by atoms with van der Waals surface area (Å²) in [4.78, 5) is 0. The first-order valence-electron chi connectivity index (χ1n) is 3.46. The van der Waals surface area contributed by atoms with Crippen molar-refractivity contribution < 1.29 is 0 Å². The summed E-state index contributed by atoms with van der Waals surface area (Å²) in [5.74, 6) is 0. The van der Waals surface area contributed by atoms with Gasteiger partial charge in [0.25, 0.3) is 0 Å². The van der Waals surface area contributed by atoms with Crippen LogP contribution in [0.2, 0.25) is 0 Å². The first-order chi connectivity index (χ1) is 4.75. The summed E-state index contributed by atoms with van der Waals surface area (Å²) in [5, 5.41) is 3.25. The molecule has 0 amide bonds. The van der Waals surface area contributed by atoms with Crippen molar-refractivity contribution in [2.24, 2.45) is 0 Å². The highest BCUT2D eigenvalue weighted by Gasteiger charge is 2.10. The van der Waals surface area contributed by atoms with Gasteiger partial charge in [0.15, 0.2) is 0 Å². The SMILES string of the molecule is C=CC1=C(C(=C)C)CNC1. The van der Waals surface area contributed by atoms with Crippen molar-refractivity contribution in [3.8, 4) is 0 Å². The average Bonchev–Trinajstić information content (AvgIpc) is 2.33. The Bertz CT molecular complexity index is 199. The molecule has 1 rings (SSSR count). The van der Waals surface area contributed by atoms with E-state index in [1.807, 2.05) is 13.0 Å². The van der Waals surface area contributed by atoms with Gasteiger partial charge in [-0.3, -0.25) is 0 Å². The Morgan fingerprint density at radius 2 is 2.30 bits per heavy atom. The first kappa shape index (κ1) is 7.29. The van der Waals surface area contributed by atoms with E-state index in [1.54, 1.807) is 0 Å². The molecule has 54 valence electrons. The van der Waals surface area contributed by atoms with Gasteiger partial charge in [0.05, 0.1) is 0 Å². The lowest BCUT2D eigenvalue weighted by Crippen LogP contribution is -2.08. The molecule has 10 heavy (non-hydrogen) atoms. The monoisotopic (exact) mass is 135 g/mol. The van der Waals surface area contributed by atoms with Crippen molar-refractivity contribution in [2.75, 3.05) is 13.1 Å². The van der Waals surface area contributed by atoms with Crippen molar-refractivity contribution in [2.45, 2.75) is 6.92 Å². The molecule has 0 aromatic heterocycles. The molecular weight excluding hydrogens is 122 g/mol. The predicted octanol–water partition coefficient (Wildman–Crippen LogP) is 1.65. The standard InChI is InChI=1S/C9H13N/c1-4-8-5-10-6-9(8)7(2)3/h4,10H,1-2,5-6H2,3H3. The van der Waals surface area contributed by atoms with Gasteiger partial charge < -0.3 is 5.32 Å². The van der Waals surface area contributed by atoms with E-state index in [-0.39, 0.29) is 0 Å². The van der Waals surface area contributed by atoms with Gasteiger partial charge in [-0.1, -0.05) is 24.8 Å². The summed E-state index contributed by atoms with van der Waals surface area (Å²) in [5.41, 5.74) is 3.78. The van der Waals surface area contributed by atoms with Gasteiger partial charge in [0, 0.05) is 13.1 Å². The maximum Gasteiger partial charge on any atom is 0.0214 e. The van der Waals surface area contributed by atoms with E-state index in [9.17, 15) is 0 Å². The molecule has 0 aliphatic carbocycles. The summed E-state index contributed by atoms with van der Waals surface area (Å²) in [6.07, 6.45) is 1.91. The Balaban J connectivity index is 2.88. The van der Waals surface area contributed by atoms with Crippen molar-refractivity contribution in [1.29, 1.82) is 0 Å². The molecule has 0 spiro atoms. The highest BCUT2D eigenvalue weighted by molar-refractivity contribution is 5.41. The van der Waals surface area contributed by atoms with Gasteiger partial charge >= 0.3 is 0 Å². The zero-order valence-corrected chi connectivity index (χ0v) is 6.41. The van der Waals surface area contributed by atoms with E-state index in [1.165, 1.54) is 11.1 Å². The molecule has 1 heterocycles. The molecule has 0 unspecified atom stereocenters. The molecule has 1 nitrogen and oxygen atoms in total. The maximum atomic E-state index is 3.89. The third kappa shape index (κ3) is 1.19. The number of nitrogens with one attached hydrogen (secondary N) is 1. The van der Waals surface area contributed by atoms with Crippen molar-refractivity contribution in [3.63, 3.8) is 0 Å². The molecule has 0 aromatic rings. The van der Waals surface area contributed by atoms with E-state index in [0.29, 0.717) is 0 Å². The Morgan fingerprint density at radius 3 is 2.70 bits per heavy atom. The van der Waals surface area contributed by atoms with Gasteiger partial charge in [-0.2, -0.15) is 0 Å². The Morgan fingerprint density at radius 1 is 1.60 bits per heavy atom. The molecule has 0 fully saturated rings. The molecule has 0 bridgehead atoms. The fraction of sp³-hybridized carbons (Fsp3) is 0.333. The number of hydrogen-bond donors (Lipinski definition) is 1. The molecule has 1 N–H and O–H groups in total. The van der Waals surface area contributed by atoms with E-state index in [0.717, 1.165) is 18.7 Å². The Hall–Kier alpha value is -0.820. The molecule has 0 saturated heterocycles. The smallest absolute Gasteiger partial charge is 0.0214 e. The second-order valence-electron chi connectivity index (χ2n) is 2.59.